The van der Waals surface area contributed by atoms with Crippen molar-refractivity contribution in [3.05, 3.63) is 42.0 Å². The molecule has 9 heteroatoms. The maximum absolute atomic E-state index is 12.3. The summed E-state index contributed by atoms with van der Waals surface area (Å²) in [6.45, 7) is 1.92. The zero-order valence-corrected chi connectivity index (χ0v) is 15.6. The van der Waals surface area contributed by atoms with Gasteiger partial charge in [-0.15, -0.1) is 0 Å². The number of hydrogen-bond donors (Lipinski definition) is 0. The van der Waals surface area contributed by atoms with E-state index in [9.17, 15) is 19.2 Å². The SMILES string of the molecule is COc1cccc(C(=O)OC[C@@H](OC(C)=O)[C@H]2OC(=O)C=C[C@H]2OC(C)=O)c1. The number of benzene rings is 1. The number of carbonyl (C=O) groups is 4. The Kier molecular flexibility index (Phi) is 7.14. The molecule has 0 fully saturated rings. The van der Waals surface area contributed by atoms with Crippen LogP contribution in [0.25, 0.3) is 0 Å². The zero-order valence-electron chi connectivity index (χ0n) is 15.6. The Hall–Kier alpha value is -3.36. The highest BCUT2D eigenvalue weighted by molar-refractivity contribution is 5.89. The van der Waals surface area contributed by atoms with E-state index in [1.165, 1.54) is 32.2 Å². The lowest BCUT2D eigenvalue weighted by Gasteiger charge is -2.32. The van der Waals surface area contributed by atoms with Crippen LogP contribution in [0.1, 0.15) is 24.2 Å². The Balaban J connectivity index is 2.14. The summed E-state index contributed by atoms with van der Waals surface area (Å²) in [6.07, 6.45) is -0.918. The number of hydrogen-bond acceptors (Lipinski definition) is 9. The van der Waals surface area contributed by atoms with Gasteiger partial charge in [-0.3, -0.25) is 9.59 Å². The molecule has 0 N–H and O–H groups in total. The highest BCUT2D eigenvalue weighted by Gasteiger charge is 2.39. The fraction of sp³-hybridized carbons (Fsp3) is 0.368. The molecule has 0 saturated heterocycles. The fourth-order valence-corrected chi connectivity index (χ4v) is 2.51. The van der Waals surface area contributed by atoms with Crippen molar-refractivity contribution < 1.29 is 42.9 Å². The molecule has 2 rings (SSSR count). The summed E-state index contributed by atoms with van der Waals surface area (Å²) in [5.74, 6) is -2.24. The molecule has 0 amide bonds. The maximum Gasteiger partial charge on any atom is 0.338 e. The molecular weight excluding hydrogens is 372 g/mol. The molecular formula is C19H20O9. The average molecular weight is 392 g/mol. The van der Waals surface area contributed by atoms with Gasteiger partial charge in [0.1, 0.15) is 12.4 Å². The predicted molar refractivity (Wildman–Crippen MR) is 93.4 cm³/mol. The molecule has 0 aliphatic carbocycles. The van der Waals surface area contributed by atoms with Crippen LogP contribution in [-0.4, -0.2) is 55.9 Å². The highest BCUT2D eigenvalue weighted by Crippen LogP contribution is 2.20. The van der Waals surface area contributed by atoms with E-state index in [2.05, 4.69) is 0 Å². The molecule has 0 aromatic heterocycles. The molecule has 1 aliphatic heterocycles. The molecule has 1 aromatic carbocycles. The largest absolute Gasteiger partial charge is 0.497 e. The molecule has 0 spiro atoms. The second-order valence-electron chi connectivity index (χ2n) is 5.81. The fourth-order valence-electron chi connectivity index (χ4n) is 2.51. The van der Waals surface area contributed by atoms with Gasteiger partial charge in [-0.05, 0) is 24.3 Å². The van der Waals surface area contributed by atoms with E-state index in [4.69, 9.17) is 23.7 Å². The Bertz CT molecular complexity index is 783. The van der Waals surface area contributed by atoms with Gasteiger partial charge in [0.25, 0.3) is 0 Å². The van der Waals surface area contributed by atoms with Crippen LogP contribution in [0.4, 0.5) is 0 Å². The van der Waals surface area contributed by atoms with E-state index in [1.54, 1.807) is 12.1 Å². The molecule has 0 bridgehead atoms. The second kappa shape index (κ2) is 9.54. The van der Waals surface area contributed by atoms with Gasteiger partial charge in [0.15, 0.2) is 18.3 Å². The third kappa shape index (κ3) is 5.83. The van der Waals surface area contributed by atoms with Crippen LogP contribution in [0.5, 0.6) is 5.75 Å². The van der Waals surface area contributed by atoms with Crippen LogP contribution in [0, 0.1) is 0 Å². The normalized spacial score (nSPS) is 19.2. The minimum absolute atomic E-state index is 0.220. The minimum Gasteiger partial charge on any atom is -0.497 e. The van der Waals surface area contributed by atoms with E-state index < -0.39 is 48.8 Å². The summed E-state index contributed by atoms with van der Waals surface area (Å²) in [6, 6.07) is 6.28. The van der Waals surface area contributed by atoms with Crippen molar-refractivity contribution >= 4 is 23.9 Å². The molecule has 1 aromatic rings. The molecule has 150 valence electrons. The van der Waals surface area contributed by atoms with Crippen molar-refractivity contribution in [3.63, 3.8) is 0 Å². The Morgan fingerprint density at radius 3 is 2.57 bits per heavy atom. The summed E-state index contributed by atoms with van der Waals surface area (Å²) < 4.78 is 25.6. The number of cyclic esters (lactones) is 1. The first-order chi connectivity index (χ1) is 13.3. The summed E-state index contributed by atoms with van der Waals surface area (Å²) in [5.41, 5.74) is 0.220. The number of ether oxygens (including phenoxy) is 5. The summed E-state index contributed by atoms with van der Waals surface area (Å²) in [7, 11) is 1.46. The molecule has 0 radical (unpaired) electrons. The Morgan fingerprint density at radius 2 is 1.93 bits per heavy atom. The van der Waals surface area contributed by atoms with Gasteiger partial charge in [0.05, 0.1) is 12.7 Å². The lowest BCUT2D eigenvalue weighted by molar-refractivity contribution is -0.182. The van der Waals surface area contributed by atoms with Crippen molar-refractivity contribution in [1.29, 1.82) is 0 Å². The van der Waals surface area contributed by atoms with E-state index >= 15 is 0 Å². The molecule has 9 nitrogen and oxygen atoms in total. The Labute approximate surface area is 161 Å². The zero-order chi connectivity index (χ0) is 20.7. The first-order valence-corrected chi connectivity index (χ1v) is 8.34. The van der Waals surface area contributed by atoms with Gasteiger partial charge >= 0.3 is 23.9 Å². The smallest absolute Gasteiger partial charge is 0.338 e. The van der Waals surface area contributed by atoms with Crippen molar-refractivity contribution in [1.82, 2.24) is 0 Å². The monoisotopic (exact) mass is 392 g/mol. The highest BCUT2D eigenvalue weighted by atomic mass is 16.6. The Morgan fingerprint density at radius 1 is 1.18 bits per heavy atom. The standard InChI is InChI=1S/C19H20O9/c1-11(20)26-15-7-8-17(22)28-18(15)16(27-12(2)21)10-25-19(23)13-5-4-6-14(9-13)24-3/h4-9,15-16,18H,10H2,1-3H3/t15-,16-,18+/m1/s1. The van der Waals surface area contributed by atoms with E-state index in [0.29, 0.717) is 5.75 Å². The maximum atomic E-state index is 12.3. The quantitative estimate of drug-likeness (QED) is 0.498. The van der Waals surface area contributed by atoms with Crippen molar-refractivity contribution in [2.45, 2.75) is 32.2 Å². The number of carbonyl (C=O) groups excluding carboxylic acids is 4. The van der Waals surface area contributed by atoms with Gasteiger partial charge < -0.3 is 23.7 Å². The topological polar surface area (TPSA) is 114 Å². The number of rotatable bonds is 7. The second-order valence-corrected chi connectivity index (χ2v) is 5.81. The molecule has 0 saturated carbocycles. The van der Waals surface area contributed by atoms with Gasteiger partial charge in [0.2, 0.25) is 0 Å². The van der Waals surface area contributed by atoms with Gasteiger partial charge in [-0.25, -0.2) is 9.59 Å². The molecule has 28 heavy (non-hydrogen) atoms. The third-order valence-electron chi connectivity index (χ3n) is 3.67. The first kappa shape index (κ1) is 20.9. The van der Waals surface area contributed by atoms with E-state index in [0.717, 1.165) is 13.0 Å². The summed E-state index contributed by atoms with van der Waals surface area (Å²) in [5, 5.41) is 0. The lowest BCUT2D eigenvalue weighted by atomic mass is 10.1. The molecule has 1 heterocycles. The molecule has 0 unspecified atom stereocenters. The van der Waals surface area contributed by atoms with Crippen molar-refractivity contribution in [2.24, 2.45) is 0 Å². The van der Waals surface area contributed by atoms with Crippen LogP contribution < -0.4 is 4.74 Å². The molecule has 3 atom stereocenters. The summed E-state index contributed by atoms with van der Waals surface area (Å²) in [4.78, 5) is 46.7. The molecule has 1 aliphatic rings. The van der Waals surface area contributed by atoms with Crippen molar-refractivity contribution in [2.75, 3.05) is 13.7 Å². The first-order valence-electron chi connectivity index (χ1n) is 8.34. The average Bonchev–Trinajstić information content (AvgIpc) is 2.65. The van der Waals surface area contributed by atoms with Crippen LogP contribution in [0.15, 0.2) is 36.4 Å². The van der Waals surface area contributed by atoms with Gasteiger partial charge in [0, 0.05) is 19.9 Å². The lowest BCUT2D eigenvalue weighted by Crippen LogP contribution is -2.48. The van der Waals surface area contributed by atoms with Crippen LogP contribution in [0.2, 0.25) is 0 Å². The minimum atomic E-state index is -1.18. The number of esters is 4. The third-order valence-corrected chi connectivity index (χ3v) is 3.67. The van der Waals surface area contributed by atoms with Crippen molar-refractivity contribution in [3.8, 4) is 5.75 Å². The van der Waals surface area contributed by atoms with Crippen LogP contribution in [-0.2, 0) is 33.3 Å². The van der Waals surface area contributed by atoms with Crippen LogP contribution >= 0.6 is 0 Å². The van der Waals surface area contributed by atoms with E-state index in [-0.39, 0.29) is 5.56 Å². The van der Waals surface area contributed by atoms with Crippen LogP contribution in [0.3, 0.4) is 0 Å². The van der Waals surface area contributed by atoms with Gasteiger partial charge in [-0.2, -0.15) is 0 Å². The predicted octanol–water partition coefficient (Wildman–Crippen LogP) is 1.20. The van der Waals surface area contributed by atoms with Gasteiger partial charge in [-0.1, -0.05) is 6.07 Å². The summed E-state index contributed by atoms with van der Waals surface area (Å²) >= 11 is 0. The van der Waals surface area contributed by atoms with E-state index in [1.807, 2.05) is 0 Å². The number of methoxy groups -OCH3 is 1.